The number of aryl methyl sites for hydroxylation is 1. The minimum atomic E-state index is -0.590. The number of carbonyl (C=O) groups is 1. The van der Waals surface area contributed by atoms with Crippen LogP contribution in [0.2, 0.25) is 0 Å². The molecule has 0 radical (unpaired) electrons. The molecule has 1 aromatic carbocycles. The van der Waals surface area contributed by atoms with Crippen molar-refractivity contribution in [3.63, 3.8) is 0 Å². The summed E-state index contributed by atoms with van der Waals surface area (Å²) in [7, 11) is 0. The van der Waals surface area contributed by atoms with Gasteiger partial charge in [-0.2, -0.15) is 4.98 Å². The highest BCUT2D eigenvalue weighted by molar-refractivity contribution is 5.99. The Morgan fingerprint density at radius 2 is 2.30 bits per heavy atom. The zero-order valence-corrected chi connectivity index (χ0v) is 10.8. The van der Waals surface area contributed by atoms with Crippen molar-refractivity contribution < 1.29 is 13.7 Å². The third-order valence-electron chi connectivity index (χ3n) is 2.60. The largest absolute Gasteiger partial charge is 0.351 e. The number of nitrogens with two attached hydrogens (primary N) is 1. The van der Waals surface area contributed by atoms with Gasteiger partial charge in [0.25, 0.3) is 5.91 Å². The maximum absolute atomic E-state index is 13.4. The van der Waals surface area contributed by atoms with Crippen molar-refractivity contribution in [2.75, 3.05) is 12.0 Å². The zero-order chi connectivity index (χ0) is 14.5. The number of carbonyl (C=O) groups excluding carboxylic acids is 1. The monoisotopic (exact) mass is 279 g/mol. The second kappa shape index (κ2) is 6.11. The molecular weight excluding hydrogens is 265 g/mol. The predicted octanol–water partition coefficient (Wildman–Crippen LogP) is 0.775. The van der Waals surface area contributed by atoms with Gasteiger partial charge in [0, 0.05) is 13.0 Å². The molecule has 0 saturated heterocycles. The predicted molar refractivity (Wildman–Crippen MR) is 69.3 cm³/mol. The van der Waals surface area contributed by atoms with Gasteiger partial charge in [0.05, 0.1) is 11.3 Å². The molecule has 0 aliphatic carbocycles. The van der Waals surface area contributed by atoms with E-state index in [9.17, 15) is 9.18 Å². The van der Waals surface area contributed by atoms with Crippen molar-refractivity contribution >= 4 is 11.6 Å². The molecule has 1 heterocycles. The molecule has 0 fully saturated rings. The first-order chi connectivity index (χ1) is 9.61. The number of nitrogens with one attached hydrogen (secondary N) is 2. The van der Waals surface area contributed by atoms with E-state index in [1.165, 1.54) is 18.2 Å². The lowest BCUT2D eigenvalue weighted by molar-refractivity contribution is 0.0954. The highest BCUT2D eigenvalue weighted by atomic mass is 19.1. The SMILES string of the molecule is Cc1noc(CCNC(=O)c2cccc(F)c2NN)n1. The van der Waals surface area contributed by atoms with E-state index in [-0.39, 0.29) is 11.3 Å². The van der Waals surface area contributed by atoms with Gasteiger partial charge >= 0.3 is 0 Å². The molecule has 7 nitrogen and oxygen atoms in total. The molecule has 0 spiro atoms. The first-order valence-electron chi connectivity index (χ1n) is 5.94. The number of halogens is 1. The summed E-state index contributed by atoms with van der Waals surface area (Å²) in [6, 6.07) is 4.13. The fourth-order valence-corrected chi connectivity index (χ4v) is 1.68. The number of hydrogen-bond acceptors (Lipinski definition) is 6. The maximum atomic E-state index is 13.4. The van der Waals surface area contributed by atoms with Crippen LogP contribution in [0.5, 0.6) is 0 Å². The third kappa shape index (κ3) is 3.09. The molecule has 8 heteroatoms. The van der Waals surface area contributed by atoms with Gasteiger partial charge in [-0.1, -0.05) is 11.2 Å². The summed E-state index contributed by atoms with van der Waals surface area (Å²) >= 11 is 0. The smallest absolute Gasteiger partial charge is 0.253 e. The Bertz CT molecular complexity index is 614. The molecule has 2 rings (SSSR count). The topological polar surface area (TPSA) is 106 Å². The van der Waals surface area contributed by atoms with E-state index in [1.807, 2.05) is 0 Å². The summed E-state index contributed by atoms with van der Waals surface area (Å²) in [6.07, 6.45) is 0.396. The Morgan fingerprint density at radius 1 is 1.50 bits per heavy atom. The molecule has 0 aliphatic heterocycles. The van der Waals surface area contributed by atoms with Crippen LogP contribution >= 0.6 is 0 Å². The number of benzene rings is 1. The summed E-state index contributed by atoms with van der Waals surface area (Å²) in [6.45, 7) is 2.00. The Hall–Kier alpha value is -2.48. The van der Waals surface area contributed by atoms with Crippen molar-refractivity contribution in [2.24, 2.45) is 5.84 Å². The van der Waals surface area contributed by atoms with Gasteiger partial charge < -0.3 is 15.3 Å². The summed E-state index contributed by atoms with van der Waals surface area (Å²) in [5, 5.41) is 6.27. The van der Waals surface area contributed by atoms with Gasteiger partial charge in [0.1, 0.15) is 5.82 Å². The van der Waals surface area contributed by atoms with Crippen LogP contribution in [0.1, 0.15) is 22.1 Å². The van der Waals surface area contributed by atoms with Gasteiger partial charge in [-0.15, -0.1) is 0 Å². The number of anilines is 1. The van der Waals surface area contributed by atoms with Crippen LogP contribution in [0.3, 0.4) is 0 Å². The van der Waals surface area contributed by atoms with Crippen LogP contribution in [-0.4, -0.2) is 22.6 Å². The number of hydrogen-bond donors (Lipinski definition) is 3. The molecule has 0 saturated carbocycles. The molecule has 2 aromatic rings. The van der Waals surface area contributed by atoms with Crippen LogP contribution in [0, 0.1) is 12.7 Å². The highest BCUT2D eigenvalue weighted by Gasteiger charge is 2.14. The minimum Gasteiger partial charge on any atom is -0.351 e. The number of hydrazine groups is 1. The Labute approximate surface area is 114 Å². The molecule has 1 amide bonds. The van der Waals surface area contributed by atoms with Crippen LogP contribution in [0.25, 0.3) is 0 Å². The summed E-state index contributed by atoms with van der Waals surface area (Å²) < 4.78 is 18.4. The van der Waals surface area contributed by atoms with E-state index in [1.54, 1.807) is 6.92 Å². The van der Waals surface area contributed by atoms with Gasteiger partial charge in [-0.05, 0) is 19.1 Å². The summed E-state index contributed by atoms with van der Waals surface area (Å²) in [4.78, 5) is 15.9. The number of nitrogen functional groups attached to an aromatic ring is 1. The van der Waals surface area contributed by atoms with Crippen molar-refractivity contribution in [3.05, 3.63) is 41.3 Å². The minimum absolute atomic E-state index is 0.0429. The van der Waals surface area contributed by atoms with Gasteiger partial charge in [-0.25, -0.2) is 4.39 Å². The second-order valence-corrected chi connectivity index (χ2v) is 4.05. The van der Waals surface area contributed by atoms with Crippen LogP contribution in [0.15, 0.2) is 22.7 Å². The van der Waals surface area contributed by atoms with Crippen LogP contribution in [-0.2, 0) is 6.42 Å². The molecule has 20 heavy (non-hydrogen) atoms. The lowest BCUT2D eigenvalue weighted by Gasteiger charge is -2.09. The normalized spacial score (nSPS) is 10.3. The molecule has 0 bridgehead atoms. The number of para-hydroxylation sites is 1. The number of aromatic nitrogens is 2. The van der Waals surface area contributed by atoms with Gasteiger partial charge in [-0.3, -0.25) is 10.6 Å². The van der Waals surface area contributed by atoms with Crippen molar-refractivity contribution in [1.29, 1.82) is 0 Å². The van der Waals surface area contributed by atoms with Crippen molar-refractivity contribution in [3.8, 4) is 0 Å². The van der Waals surface area contributed by atoms with E-state index in [0.717, 1.165) is 0 Å². The lowest BCUT2D eigenvalue weighted by atomic mass is 10.1. The Morgan fingerprint density at radius 3 is 2.95 bits per heavy atom. The standard InChI is InChI=1S/C12H14FN5O2/c1-7-16-10(20-18-7)5-6-15-12(19)8-3-2-4-9(13)11(8)17-14/h2-4,17H,5-6,14H2,1H3,(H,15,19). The molecule has 106 valence electrons. The quantitative estimate of drug-likeness (QED) is 0.551. The van der Waals surface area contributed by atoms with Crippen LogP contribution in [0.4, 0.5) is 10.1 Å². The second-order valence-electron chi connectivity index (χ2n) is 4.05. The van der Waals surface area contributed by atoms with Gasteiger partial charge in [0.15, 0.2) is 5.82 Å². The fourth-order valence-electron chi connectivity index (χ4n) is 1.68. The first kappa shape index (κ1) is 13.9. The number of rotatable bonds is 5. The molecule has 0 unspecified atom stereocenters. The van der Waals surface area contributed by atoms with Crippen molar-refractivity contribution in [2.45, 2.75) is 13.3 Å². The summed E-state index contributed by atoms with van der Waals surface area (Å²) in [5.41, 5.74) is 2.27. The molecular formula is C12H14FN5O2. The Balaban J connectivity index is 1.97. The first-order valence-corrected chi connectivity index (χ1v) is 5.94. The highest BCUT2D eigenvalue weighted by Crippen LogP contribution is 2.18. The molecule has 4 N–H and O–H groups in total. The summed E-state index contributed by atoms with van der Waals surface area (Å²) in [5.74, 6) is 5.15. The van der Waals surface area contributed by atoms with E-state index in [4.69, 9.17) is 10.4 Å². The van der Waals surface area contributed by atoms with Crippen molar-refractivity contribution in [1.82, 2.24) is 15.5 Å². The fraction of sp³-hybridized carbons (Fsp3) is 0.250. The molecule has 0 atom stereocenters. The van der Waals surface area contributed by atoms with E-state index < -0.39 is 11.7 Å². The number of amides is 1. The number of nitrogens with zero attached hydrogens (tertiary/aromatic N) is 2. The van der Waals surface area contributed by atoms with Crippen LogP contribution < -0.4 is 16.6 Å². The average molecular weight is 279 g/mol. The molecule has 1 aromatic heterocycles. The zero-order valence-electron chi connectivity index (χ0n) is 10.8. The Kier molecular flexibility index (Phi) is 4.26. The average Bonchev–Trinajstić information content (AvgIpc) is 2.84. The van der Waals surface area contributed by atoms with E-state index in [2.05, 4.69) is 20.9 Å². The van der Waals surface area contributed by atoms with Gasteiger partial charge in [0.2, 0.25) is 5.89 Å². The molecule has 0 aliphatic rings. The lowest BCUT2D eigenvalue weighted by Crippen LogP contribution is -2.27. The van der Waals surface area contributed by atoms with E-state index >= 15 is 0 Å². The van der Waals surface area contributed by atoms with E-state index in [0.29, 0.717) is 24.7 Å². The maximum Gasteiger partial charge on any atom is 0.253 e. The third-order valence-corrected chi connectivity index (χ3v) is 2.60.